The molecule has 3 aromatic carbocycles. The zero-order valence-electron chi connectivity index (χ0n) is 14.0. The van der Waals surface area contributed by atoms with Gasteiger partial charge in [0.2, 0.25) is 0 Å². The van der Waals surface area contributed by atoms with Gasteiger partial charge in [0.05, 0.1) is 14.2 Å². The van der Waals surface area contributed by atoms with Gasteiger partial charge in [0.1, 0.15) is 5.66 Å². The van der Waals surface area contributed by atoms with Crippen molar-refractivity contribution in [2.75, 3.05) is 24.9 Å². The number of hydrogen-bond acceptors (Lipinski definition) is 4. The third-order valence-corrected chi connectivity index (χ3v) is 4.63. The van der Waals surface area contributed by atoms with E-state index in [1.54, 1.807) is 14.2 Å². The first-order valence-corrected chi connectivity index (χ1v) is 7.95. The van der Waals surface area contributed by atoms with Crippen molar-refractivity contribution in [1.29, 1.82) is 0 Å². The monoisotopic (exact) mass is 320 g/mol. The van der Waals surface area contributed by atoms with Gasteiger partial charge in [-0.1, -0.05) is 30.3 Å². The quantitative estimate of drug-likeness (QED) is 0.742. The van der Waals surface area contributed by atoms with E-state index < -0.39 is 5.66 Å². The standard InChI is InChI=1S/C20H20N2O2/c1-20(14-10-11-17(23-2)18(12-14)24-3)21-15-8-4-6-13-7-5-9-16(22-20)19(13)15/h4-12,21-22H,1-3H3. The van der Waals surface area contributed by atoms with Crippen LogP contribution in [0.2, 0.25) is 0 Å². The fraction of sp³-hybridized carbons (Fsp3) is 0.200. The van der Waals surface area contributed by atoms with Crippen LogP contribution in [0.5, 0.6) is 11.5 Å². The van der Waals surface area contributed by atoms with Gasteiger partial charge in [0.25, 0.3) is 0 Å². The molecule has 0 spiro atoms. The lowest BCUT2D eigenvalue weighted by molar-refractivity contribution is 0.354. The molecular weight excluding hydrogens is 300 g/mol. The number of ether oxygens (including phenoxy) is 2. The molecule has 4 rings (SSSR count). The average Bonchev–Trinajstić information content (AvgIpc) is 2.61. The molecule has 0 saturated heterocycles. The lowest BCUT2D eigenvalue weighted by Crippen LogP contribution is -2.42. The van der Waals surface area contributed by atoms with Crippen molar-refractivity contribution in [3.05, 3.63) is 60.2 Å². The number of hydrogen-bond donors (Lipinski definition) is 2. The lowest BCUT2D eigenvalue weighted by atomic mass is 9.94. The van der Waals surface area contributed by atoms with Crippen molar-refractivity contribution in [3.8, 4) is 11.5 Å². The Kier molecular flexibility index (Phi) is 3.27. The van der Waals surface area contributed by atoms with Crippen LogP contribution in [-0.4, -0.2) is 14.2 Å². The Labute approximate surface area is 141 Å². The van der Waals surface area contributed by atoms with Crippen LogP contribution in [0.3, 0.4) is 0 Å². The third kappa shape index (κ3) is 2.14. The van der Waals surface area contributed by atoms with Crippen LogP contribution in [0.15, 0.2) is 54.6 Å². The molecule has 0 amide bonds. The summed E-state index contributed by atoms with van der Waals surface area (Å²) >= 11 is 0. The number of rotatable bonds is 3. The van der Waals surface area contributed by atoms with Gasteiger partial charge in [0, 0.05) is 22.3 Å². The van der Waals surface area contributed by atoms with E-state index in [2.05, 4.69) is 60.0 Å². The fourth-order valence-electron chi connectivity index (χ4n) is 3.41. The third-order valence-electron chi connectivity index (χ3n) is 4.63. The molecule has 0 saturated carbocycles. The molecular formula is C20H20N2O2. The Balaban J connectivity index is 1.83. The summed E-state index contributed by atoms with van der Waals surface area (Å²) in [5.74, 6) is 1.44. The van der Waals surface area contributed by atoms with E-state index in [-0.39, 0.29) is 0 Å². The maximum atomic E-state index is 5.46. The zero-order chi connectivity index (χ0) is 16.7. The van der Waals surface area contributed by atoms with Gasteiger partial charge >= 0.3 is 0 Å². The van der Waals surface area contributed by atoms with Crippen LogP contribution in [0, 0.1) is 0 Å². The van der Waals surface area contributed by atoms with Gasteiger partial charge < -0.3 is 20.1 Å². The average molecular weight is 320 g/mol. The molecule has 2 N–H and O–H groups in total. The highest BCUT2D eigenvalue weighted by Gasteiger charge is 2.32. The van der Waals surface area contributed by atoms with Crippen molar-refractivity contribution in [1.82, 2.24) is 0 Å². The largest absolute Gasteiger partial charge is 0.493 e. The second-order valence-corrected chi connectivity index (χ2v) is 6.15. The van der Waals surface area contributed by atoms with Crippen molar-refractivity contribution in [2.24, 2.45) is 0 Å². The minimum Gasteiger partial charge on any atom is -0.493 e. The van der Waals surface area contributed by atoms with E-state index >= 15 is 0 Å². The molecule has 0 radical (unpaired) electrons. The predicted molar refractivity (Wildman–Crippen MR) is 98.1 cm³/mol. The molecule has 4 heteroatoms. The Morgan fingerprint density at radius 3 is 2.00 bits per heavy atom. The van der Waals surface area contributed by atoms with Gasteiger partial charge in [-0.2, -0.15) is 0 Å². The normalized spacial score (nSPS) is 14.6. The molecule has 3 aromatic rings. The van der Waals surface area contributed by atoms with Gasteiger partial charge in [-0.3, -0.25) is 0 Å². The molecule has 0 unspecified atom stereocenters. The maximum Gasteiger partial charge on any atom is 0.161 e. The number of anilines is 2. The first kappa shape index (κ1) is 14.7. The van der Waals surface area contributed by atoms with Crippen LogP contribution in [0.4, 0.5) is 11.4 Å². The smallest absolute Gasteiger partial charge is 0.161 e. The molecule has 122 valence electrons. The summed E-state index contributed by atoms with van der Waals surface area (Å²) in [6, 6.07) is 18.6. The van der Waals surface area contributed by atoms with Gasteiger partial charge in [-0.25, -0.2) is 0 Å². The highest BCUT2D eigenvalue weighted by molar-refractivity contribution is 6.05. The SMILES string of the molecule is COc1ccc(C2(C)Nc3cccc4cccc(c34)N2)cc1OC. The Morgan fingerprint density at radius 2 is 1.42 bits per heavy atom. The summed E-state index contributed by atoms with van der Waals surface area (Å²) in [6.45, 7) is 2.13. The maximum absolute atomic E-state index is 5.46. The molecule has 0 atom stereocenters. The van der Waals surface area contributed by atoms with E-state index in [0.29, 0.717) is 0 Å². The summed E-state index contributed by atoms with van der Waals surface area (Å²) in [5.41, 5.74) is 2.88. The van der Waals surface area contributed by atoms with E-state index in [1.807, 2.05) is 12.1 Å². The minimum absolute atomic E-state index is 0.442. The molecule has 1 aliphatic rings. The van der Waals surface area contributed by atoms with Crippen molar-refractivity contribution < 1.29 is 9.47 Å². The van der Waals surface area contributed by atoms with Gasteiger partial charge in [0.15, 0.2) is 11.5 Å². The van der Waals surface area contributed by atoms with Crippen LogP contribution in [0.1, 0.15) is 12.5 Å². The summed E-state index contributed by atoms with van der Waals surface area (Å²) in [7, 11) is 3.30. The number of nitrogens with one attached hydrogen (secondary N) is 2. The summed E-state index contributed by atoms with van der Waals surface area (Å²) in [6.07, 6.45) is 0. The van der Waals surface area contributed by atoms with Crippen LogP contribution in [0.25, 0.3) is 10.8 Å². The molecule has 4 nitrogen and oxygen atoms in total. The fourth-order valence-corrected chi connectivity index (χ4v) is 3.41. The summed E-state index contributed by atoms with van der Waals surface area (Å²) in [4.78, 5) is 0. The van der Waals surface area contributed by atoms with Crippen molar-refractivity contribution >= 4 is 22.1 Å². The zero-order valence-corrected chi connectivity index (χ0v) is 14.0. The first-order chi connectivity index (χ1) is 11.6. The van der Waals surface area contributed by atoms with Gasteiger partial charge in [-0.05, 0) is 36.6 Å². The molecule has 1 heterocycles. The van der Waals surface area contributed by atoms with E-state index in [0.717, 1.165) is 28.4 Å². The van der Waals surface area contributed by atoms with Crippen LogP contribution >= 0.6 is 0 Å². The molecule has 0 aromatic heterocycles. The summed E-state index contributed by atoms with van der Waals surface area (Å²) in [5, 5.41) is 9.71. The molecule has 0 bridgehead atoms. The predicted octanol–water partition coefficient (Wildman–Crippen LogP) is 4.57. The highest BCUT2D eigenvalue weighted by Crippen LogP contribution is 2.42. The Morgan fingerprint density at radius 1 is 0.792 bits per heavy atom. The second kappa shape index (κ2) is 5.34. The van der Waals surface area contributed by atoms with Crippen LogP contribution in [-0.2, 0) is 5.66 Å². The number of methoxy groups -OCH3 is 2. The molecule has 1 aliphatic heterocycles. The first-order valence-electron chi connectivity index (χ1n) is 7.95. The second-order valence-electron chi connectivity index (χ2n) is 6.15. The summed E-state index contributed by atoms with van der Waals surface area (Å²) < 4.78 is 10.8. The van der Waals surface area contributed by atoms with E-state index in [1.165, 1.54) is 10.8 Å². The van der Waals surface area contributed by atoms with Crippen LogP contribution < -0.4 is 20.1 Å². The molecule has 0 aliphatic carbocycles. The topological polar surface area (TPSA) is 42.5 Å². The van der Waals surface area contributed by atoms with E-state index in [9.17, 15) is 0 Å². The molecule has 0 fully saturated rings. The van der Waals surface area contributed by atoms with Crippen molar-refractivity contribution in [2.45, 2.75) is 12.6 Å². The van der Waals surface area contributed by atoms with E-state index in [4.69, 9.17) is 9.47 Å². The Bertz CT molecular complexity index is 880. The minimum atomic E-state index is -0.442. The lowest BCUT2D eigenvalue weighted by Gasteiger charge is -2.39. The number of benzene rings is 3. The van der Waals surface area contributed by atoms with Crippen molar-refractivity contribution in [3.63, 3.8) is 0 Å². The van der Waals surface area contributed by atoms with Gasteiger partial charge in [-0.15, -0.1) is 0 Å². The molecule has 24 heavy (non-hydrogen) atoms. The highest BCUT2D eigenvalue weighted by atomic mass is 16.5. The Hall–Kier alpha value is -2.88.